The van der Waals surface area contributed by atoms with Crippen LogP contribution in [-0.4, -0.2) is 50.9 Å². The molecule has 8 nitrogen and oxygen atoms in total. The Kier molecular flexibility index (Phi) is 6.89. The minimum Gasteiger partial charge on any atom is -0.504 e. The van der Waals surface area contributed by atoms with Crippen molar-refractivity contribution in [3.8, 4) is 46.0 Å². The molecule has 6 bridgehead atoms. The van der Waals surface area contributed by atoms with Gasteiger partial charge in [-0.1, -0.05) is 18.2 Å². The van der Waals surface area contributed by atoms with Crippen LogP contribution in [0.5, 0.6) is 46.0 Å². The van der Waals surface area contributed by atoms with Gasteiger partial charge < -0.3 is 28.8 Å². The number of hydrogen-bond acceptors (Lipinski definition) is 8. The Hall–Kier alpha value is -4.98. The lowest BCUT2D eigenvalue weighted by Crippen LogP contribution is -2.18. The standard InChI is InChI=1S/C35H32N2O6/c1-39-30-17-22-9-11-36-26-14-21-7-8-28(38)29(16-21)42-24-6-4-5-20(13-24)15-27-33-23(10-12-37-27)18-32(40-2)34(41-3)35(33)43-31(30)19-25(22)26/h4-8,13,16-19,38H,9-12,14-15H2,1-3H3. The predicted octanol–water partition coefficient (Wildman–Crippen LogP) is 6.49. The van der Waals surface area contributed by atoms with Gasteiger partial charge >= 0.3 is 0 Å². The zero-order chi connectivity index (χ0) is 29.5. The van der Waals surface area contributed by atoms with Crippen LogP contribution in [0.1, 0.15) is 33.4 Å². The van der Waals surface area contributed by atoms with Crippen LogP contribution < -0.4 is 23.7 Å². The highest BCUT2D eigenvalue weighted by Crippen LogP contribution is 2.48. The van der Waals surface area contributed by atoms with E-state index in [2.05, 4.69) is 0 Å². The topological polar surface area (TPSA) is 91.1 Å². The lowest BCUT2D eigenvalue weighted by Gasteiger charge is -2.25. The number of phenolic OH excluding ortho intramolecular Hbond substituents is 1. The highest BCUT2D eigenvalue weighted by atomic mass is 16.5. The first-order chi connectivity index (χ1) is 21.0. The highest BCUT2D eigenvalue weighted by Gasteiger charge is 2.29. The van der Waals surface area contributed by atoms with Gasteiger partial charge in [0, 0.05) is 42.8 Å². The van der Waals surface area contributed by atoms with Crippen molar-refractivity contribution >= 4 is 11.4 Å². The molecule has 0 atom stereocenters. The quantitative estimate of drug-likeness (QED) is 0.300. The fraction of sp³-hybridized carbons (Fsp3) is 0.257. The Labute approximate surface area is 250 Å². The molecule has 0 radical (unpaired) electrons. The number of phenols is 1. The molecule has 43 heavy (non-hydrogen) atoms. The van der Waals surface area contributed by atoms with Crippen LogP contribution in [0.25, 0.3) is 0 Å². The van der Waals surface area contributed by atoms with Crippen molar-refractivity contribution in [1.29, 1.82) is 0 Å². The number of fused-ring (bicyclic) bond motifs is 5. The average Bonchev–Trinajstić information content (AvgIpc) is 3.02. The Bertz CT molecular complexity index is 1810. The van der Waals surface area contributed by atoms with Gasteiger partial charge in [0.15, 0.2) is 34.5 Å². The molecule has 3 aliphatic heterocycles. The van der Waals surface area contributed by atoms with Crippen molar-refractivity contribution in [3.05, 3.63) is 94.0 Å². The molecule has 8 heteroatoms. The lowest BCUT2D eigenvalue weighted by atomic mass is 9.91. The summed E-state index contributed by atoms with van der Waals surface area (Å²) in [6.45, 7) is 1.33. The average molecular weight is 577 g/mol. The van der Waals surface area contributed by atoms with E-state index in [0.717, 1.165) is 57.6 Å². The van der Waals surface area contributed by atoms with Gasteiger partial charge in [-0.25, -0.2) is 0 Å². The monoisotopic (exact) mass is 576 g/mol. The van der Waals surface area contributed by atoms with Crippen LogP contribution in [0, 0.1) is 0 Å². The normalized spacial score (nSPS) is 15.0. The fourth-order valence-corrected chi connectivity index (χ4v) is 6.11. The van der Waals surface area contributed by atoms with Crippen molar-refractivity contribution in [2.24, 2.45) is 9.98 Å². The van der Waals surface area contributed by atoms with Crippen LogP contribution in [0.15, 0.2) is 70.6 Å². The van der Waals surface area contributed by atoms with Gasteiger partial charge in [0.25, 0.3) is 0 Å². The van der Waals surface area contributed by atoms with E-state index in [1.807, 2.05) is 54.6 Å². The second-order valence-electron chi connectivity index (χ2n) is 10.8. The third kappa shape index (κ3) is 4.92. The Morgan fingerprint density at radius 3 is 2.26 bits per heavy atom. The van der Waals surface area contributed by atoms with Crippen molar-refractivity contribution in [1.82, 2.24) is 0 Å². The van der Waals surface area contributed by atoms with E-state index in [1.54, 1.807) is 27.4 Å². The third-order valence-electron chi connectivity index (χ3n) is 8.17. The fourth-order valence-electron chi connectivity index (χ4n) is 6.11. The third-order valence-corrected chi connectivity index (χ3v) is 8.17. The van der Waals surface area contributed by atoms with Gasteiger partial charge in [-0.05, 0) is 77.6 Å². The van der Waals surface area contributed by atoms with E-state index in [4.69, 9.17) is 33.7 Å². The lowest BCUT2D eigenvalue weighted by molar-refractivity contribution is 0.328. The van der Waals surface area contributed by atoms with Gasteiger partial charge in [-0.3, -0.25) is 9.98 Å². The van der Waals surface area contributed by atoms with Crippen LogP contribution >= 0.6 is 0 Å². The maximum absolute atomic E-state index is 10.7. The van der Waals surface area contributed by atoms with Crippen molar-refractivity contribution in [2.75, 3.05) is 34.4 Å². The Morgan fingerprint density at radius 1 is 0.698 bits per heavy atom. The van der Waals surface area contributed by atoms with Crippen molar-refractivity contribution < 1.29 is 28.8 Å². The Morgan fingerprint density at radius 2 is 1.44 bits per heavy atom. The second-order valence-corrected chi connectivity index (χ2v) is 10.8. The molecule has 3 heterocycles. The smallest absolute Gasteiger partial charge is 0.204 e. The largest absolute Gasteiger partial charge is 0.504 e. The van der Waals surface area contributed by atoms with Gasteiger partial charge in [-0.2, -0.15) is 0 Å². The number of ether oxygens (including phenoxy) is 5. The summed E-state index contributed by atoms with van der Waals surface area (Å²) in [5.74, 6) is 3.90. The number of methoxy groups -OCH3 is 3. The van der Waals surface area contributed by atoms with Gasteiger partial charge in [0.05, 0.1) is 27.0 Å². The summed E-state index contributed by atoms with van der Waals surface area (Å²) >= 11 is 0. The molecule has 4 aromatic rings. The SMILES string of the molecule is COc1cc2c3cc1Oc1c(OC)c(OC)cc4c1C(=NCC4)Cc1cccc(c1)Oc1cc(ccc1O)CC3=NCC2. The molecule has 7 rings (SSSR count). The molecule has 0 fully saturated rings. The summed E-state index contributed by atoms with van der Waals surface area (Å²) in [5.41, 5.74) is 7.88. The molecule has 0 aromatic heterocycles. The summed E-state index contributed by atoms with van der Waals surface area (Å²) in [5, 5.41) is 10.7. The predicted molar refractivity (Wildman–Crippen MR) is 165 cm³/mol. The number of aromatic hydroxyl groups is 1. The van der Waals surface area contributed by atoms with Gasteiger partial charge in [0.1, 0.15) is 5.75 Å². The van der Waals surface area contributed by atoms with E-state index < -0.39 is 0 Å². The summed E-state index contributed by atoms with van der Waals surface area (Å²) in [7, 11) is 4.90. The molecule has 3 aliphatic rings. The van der Waals surface area contributed by atoms with Crippen molar-refractivity contribution in [3.63, 3.8) is 0 Å². The number of aliphatic imine (C=N–C) groups is 2. The van der Waals surface area contributed by atoms with Crippen molar-refractivity contribution in [2.45, 2.75) is 25.7 Å². The first-order valence-electron chi connectivity index (χ1n) is 14.4. The minimum absolute atomic E-state index is 0.0785. The van der Waals surface area contributed by atoms with Crippen LogP contribution in [-0.2, 0) is 25.7 Å². The van der Waals surface area contributed by atoms with E-state index in [1.165, 1.54) is 0 Å². The summed E-state index contributed by atoms with van der Waals surface area (Å²) in [6, 6.07) is 19.4. The first-order valence-corrected chi connectivity index (χ1v) is 14.4. The summed E-state index contributed by atoms with van der Waals surface area (Å²) in [6.07, 6.45) is 2.64. The Balaban J connectivity index is 1.47. The molecule has 0 saturated carbocycles. The molecular formula is C35H32N2O6. The maximum Gasteiger partial charge on any atom is 0.204 e. The molecule has 218 valence electrons. The number of rotatable bonds is 3. The summed E-state index contributed by atoms with van der Waals surface area (Å²) in [4.78, 5) is 9.88. The van der Waals surface area contributed by atoms with Crippen LogP contribution in [0.2, 0.25) is 0 Å². The second kappa shape index (κ2) is 11.0. The van der Waals surface area contributed by atoms with Gasteiger partial charge in [-0.15, -0.1) is 0 Å². The first kappa shape index (κ1) is 26.9. The number of benzene rings is 4. The molecule has 0 saturated heterocycles. The summed E-state index contributed by atoms with van der Waals surface area (Å²) < 4.78 is 30.6. The van der Waals surface area contributed by atoms with Crippen LogP contribution in [0.4, 0.5) is 0 Å². The molecular weight excluding hydrogens is 544 g/mol. The maximum atomic E-state index is 10.7. The molecule has 0 aliphatic carbocycles. The molecule has 1 N–H and O–H groups in total. The van der Waals surface area contributed by atoms with E-state index in [9.17, 15) is 5.11 Å². The molecule has 0 amide bonds. The zero-order valence-corrected chi connectivity index (χ0v) is 24.4. The number of nitrogens with zero attached hydrogens (tertiary/aromatic N) is 2. The van der Waals surface area contributed by atoms with Gasteiger partial charge in [0.2, 0.25) is 5.75 Å². The zero-order valence-electron chi connectivity index (χ0n) is 24.4. The highest BCUT2D eigenvalue weighted by molar-refractivity contribution is 6.07. The van der Waals surface area contributed by atoms with E-state index in [-0.39, 0.29) is 5.75 Å². The minimum atomic E-state index is 0.0785. The molecule has 0 spiro atoms. The van der Waals surface area contributed by atoms with E-state index in [0.29, 0.717) is 66.2 Å². The molecule has 0 unspecified atom stereocenters. The number of hydrogen-bond donors (Lipinski definition) is 1. The van der Waals surface area contributed by atoms with Crippen LogP contribution in [0.3, 0.4) is 0 Å². The molecule has 4 aromatic carbocycles. The van der Waals surface area contributed by atoms with E-state index >= 15 is 0 Å².